The topological polar surface area (TPSA) is 32.3 Å². The quantitative estimate of drug-likeness (QED) is 0.700. The molecule has 0 saturated carbocycles. The van der Waals surface area contributed by atoms with Crippen molar-refractivity contribution >= 4 is 0 Å². The van der Waals surface area contributed by atoms with Crippen LogP contribution in [0, 0.1) is 11.8 Å². The van der Waals surface area contributed by atoms with Crippen LogP contribution in [0.15, 0.2) is 30.3 Å². The van der Waals surface area contributed by atoms with E-state index in [0.717, 1.165) is 5.56 Å². The number of benzene rings is 1. The van der Waals surface area contributed by atoms with Gasteiger partial charge in [0.05, 0.1) is 0 Å². The largest absolute Gasteiger partial charge is 0.377 e. The molecule has 0 aromatic heterocycles. The Labute approximate surface area is 116 Å². The molecule has 2 rings (SSSR count). The molecule has 102 valence electrons. The molecule has 1 fully saturated rings. The van der Waals surface area contributed by atoms with E-state index in [0.29, 0.717) is 12.8 Å². The molecule has 19 heavy (non-hydrogen) atoms. The fraction of sp³-hybridized carbons (Fsp3) is 0.529. The van der Waals surface area contributed by atoms with Crippen molar-refractivity contribution in [1.82, 2.24) is 5.32 Å². The van der Waals surface area contributed by atoms with E-state index < -0.39 is 5.60 Å². The first-order chi connectivity index (χ1) is 8.70. The van der Waals surface area contributed by atoms with Crippen molar-refractivity contribution in [2.75, 3.05) is 0 Å². The van der Waals surface area contributed by atoms with Crippen molar-refractivity contribution in [1.29, 1.82) is 0 Å². The lowest BCUT2D eigenvalue weighted by Crippen LogP contribution is -2.63. The summed E-state index contributed by atoms with van der Waals surface area (Å²) in [5.41, 5.74) is -0.192. The van der Waals surface area contributed by atoms with Gasteiger partial charge in [-0.05, 0) is 39.8 Å². The van der Waals surface area contributed by atoms with Crippen LogP contribution in [-0.2, 0) is 0 Å². The molecule has 2 heteroatoms. The molecule has 0 bridgehead atoms. The second-order valence-electron chi connectivity index (χ2n) is 6.89. The smallest absolute Gasteiger partial charge is 0.129 e. The van der Waals surface area contributed by atoms with Gasteiger partial charge in [0.25, 0.3) is 0 Å². The minimum absolute atomic E-state index is 0.109. The first kappa shape index (κ1) is 14.1. The second kappa shape index (κ2) is 4.67. The van der Waals surface area contributed by atoms with Crippen LogP contribution in [0.1, 0.15) is 46.1 Å². The Morgan fingerprint density at radius 3 is 2.05 bits per heavy atom. The van der Waals surface area contributed by atoms with Gasteiger partial charge in [0.2, 0.25) is 0 Å². The highest BCUT2D eigenvalue weighted by Crippen LogP contribution is 2.35. The van der Waals surface area contributed by atoms with Crippen molar-refractivity contribution in [2.45, 2.75) is 57.2 Å². The molecule has 1 aromatic carbocycles. The molecule has 0 spiro atoms. The molecule has 0 radical (unpaired) electrons. The fourth-order valence-electron chi connectivity index (χ4n) is 3.33. The zero-order chi connectivity index (χ0) is 14.1. The lowest BCUT2D eigenvalue weighted by atomic mass is 9.73. The summed E-state index contributed by atoms with van der Waals surface area (Å²) >= 11 is 0. The van der Waals surface area contributed by atoms with Gasteiger partial charge in [-0.3, -0.25) is 0 Å². The highest BCUT2D eigenvalue weighted by molar-refractivity contribution is 5.36. The van der Waals surface area contributed by atoms with Gasteiger partial charge < -0.3 is 10.4 Å². The first-order valence-electron chi connectivity index (χ1n) is 6.80. The molecule has 0 atom stereocenters. The van der Waals surface area contributed by atoms with Crippen LogP contribution in [0.25, 0.3) is 0 Å². The van der Waals surface area contributed by atoms with E-state index in [1.165, 1.54) is 0 Å². The van der Waals surface area contributed by atoms with Crippen molar-refractivity contribution < 1.29 is 5.11 Å². The van der Waals surface area contributed by atoms with E-state index in [-0.39, 0.29) is 11.1 Å². The number of hydrogen-bond donors (Lipinski definition) is 2. The number of aliphatic hydroxyl groups is 1. The lowest BCUT2D eigenvalue weighted by molar-refractivity contribution is -0.0121. The number of hydrogen-bond acceptors (Lipinski definition) is 2. The molecule has 2 N–H and O–H groups in total. The maximum absolute atomic E-state index is 10.8. The van der Waals surface area contributed by atoms with Gasteiger partial charge >= 0.3 is 0 Å². The van der Waals surface area contributed by atoms with Crippen molar-refractivity contribution in [2.24, 2.45) is 0 Å². The minimum Gasteiger partial charge on any atom is -0.377 e. The average molecular weight is 257 g/mol. The summed E-state index contributed by atoms with van der Waals surface area (Å²) in [5.74, 6) is 6.19. The van der Waals surface area contributed by atoms with Gasteiger partial charge in [-0.2, -0.15) is 0 Å². The van der Waals surface area contributed by atoms with Crippen molar-refractivity contribution in [3.8, 4) is 11.8 Å². The molecular formula is C17H23NO. The molecule has 2 nitrogen and oxygen atoms in total. The van der Waals surface area contributed by atoms with Crippen LogP contribution in [0.5, 0.6) is 0 Å². The number of rotatable bonds is 0. The highest BCUT2D eigenvalue weighted by Gasteiger charge is 2.45. The van der Waals surface area contributed by atoms with E-state index in [1.54, 1.807) is 0 Å². The standard InChI is InChI=1S/C17H23NO/c1-15(2)12-17(19,13-16(3,4)18-15)11-10-14-8-6-5-7-9-14/h5-9,18-19H,12-13H2,1-4H3. The van der Waals surface area contributed by atoms with E-state index in [1.807, 2.05) is 30.3 Å². The van der Waals surface area contributed by atoms with Crippen molar-refractivity contribution in [3.63, 3.8) is 0 Å². The Hall–Kier alpha value is -1.30. The Morgan fingerprint density at radius 1 is 1.00 bits per heavy atom. The Bertz CT molecular complexity index is 489. The number of nitrogens with one attached hydrogen (secondary N) is 1. The number of piperidine rings is 1. The van der Waals surface area contributed by atoms with Crippen LogP contribution < -0.4 is 5.32 Å². The SMILES string of the molecule is CC1(C)CC(O)(C#Cc2ccccc2)CC(C)(C)N1. The van der Waals surface area contributed by atoms with Gasteiger partial charge in [-0.15, -0.1) is 0 Å². The third kappa shape index (κ3) is 3.83. The van der Waals surface area contributed by atoms with E-state index in [4.69, 9.17) is 0 Å². The lowest BCUT2D eigenvalue weighted by Gasteiger charge is -2.48. The predicted octanol–water partition coefficient (Wildman–Crippen LogP) is 2.71. The maximum Gasteiger partial charge on any atom is 0.129 e. The van der Waals surface area contributed by atoms with Crippen molar-refractivity contribution in [3.05, 3.63) is 35.9 Å². The summed E-state index contributed by atoms with van der Waals surface area (Å²) in [5, 5.41) is 14.3. The third-order valence-corrected chi connectivity index (χ3v) is 3.36. The molecule has 0 amide bonds. The van der Waals surface area contributed by atoms with Crippen LogP contribution in [0.4, 0.5) is 0 Å². The van der Waals surface area contributed by atoms with Gasteiger partial charge in [0.1, 0.15) is 5.60 Å². The summed E-state index contributed by atoms with van der Waals surface area (Å²) in [6, 6.07) is 9.83. The monoisotopic (exact) mass is 257 g/mol. The molecule has 0 unspecified atom stereocenters. The predicted molar refractivity (Wildman–Crippen MR) is 78.8 cm³/mol. The van der Waals surface area contributed by atoms with Gasteiger partial charge in [-0.1, -0.05) is 30.0 Å². The van der Waals surface area contributed by atoms with Gasteiger partial charge in [-0.25, -0.2) is 0 Å². The zero-order valence-corrected chi connectivity index (χ0v) is 12.2. The van der Waals surface area contributed by atoms with Gasteiger partial charge in [0.15, 0.2) is 0 Å². The Balaban J connectivity index is 2.25. The molecule has 1 heterocycles. The highest BCUT2D eigenvalue weighted by atomic mass is 16.3. The summed E-state index contributed by atoms with van der Waals surface area (Å²) in [6.07, 6.45) is 1.28. The van der Waals surface area contributed by atoms with Crippen LogP contribution in [-0.4, -0.2) is 21.8 Å². The summed E-state index contributed by atoms with van der Waals surface area (Å²) < 4.78 is 0. The average Bonchev–Trinajstić information content (AvgIpc) is 2.23. The molecule has 1 saturated heterocycles. The minimum atomic E-state index is -0.923. The summed E-state index contributed by atoms with van der Waals surface area (Å²) in [4.78, 5) is 0. The summed E-state index contributed by atoms with van der Waals surface area (Å²) in [7, 11) is 0. The normalized spacial score (nSPS) is 23.2. The summed E-state index contributed by atoms with van der Waals surface area (Å²) in [6.45, 7) is 8.46. The Morgan fingerprint density at radius 2 is 1.53 bits per heavy atom. The third-order valence-electron chi connectivity index (χ3n) is 3.36. The Kier molecular flexibility index (Phi) is 3.47. The van der Waals surface area contributed by atoms with Crippen LogP contribution in [0.3, 0.4) is 0 Å². The molecule has 1 aliphatic rings. The van der Waals surface area contributed by atoms with Gasteiger partial charge in [0, 0.05) is 29.5 Å². The first-order valence-corrected chi connectivity index (χ1v) is 6.80. The molecule has 1 aromatic rings. The van der Waals surface area contributed by atoms with Crippen LogP contribution >= 0.6 is 0 Å². The molecule has 1 aliphatic heterocycles. The molecule has 0 aliphatic carbocycles. The van der Waals surface area contributed by atoms with E-state index in [9.17, 15) is 5.11 Å². The second-order valence-corrected chi connectivity index (χ2v) is 6.89. The van der Waals surface area contributed by atoms with Crippen LogP contribution in [0.2, 0.25) is 0 Å². The maximum atomic E-state index is 10.8. The fourth-order valence-corrected chi connectivity index (χ4v) is 3.33. The zero-order valence-electron chi connectivity index (χ0n) is 12.2. The van der Waals surface area contributed by atoms with E-state index >= 15 is 0 Å². The van der Waals surface area contributed by atoms with E-state index in [2.05, 4.69) is 44.9 Å². The molecular weight excluding hydrogens is 234 g/mol.